The topological polar surface area (TPSA) is 26.3 Å². The Bertz CT molecular complexity index is 663. The van der Waals surface area contributed by atoms with Crippen LogP contribution in [0.5, 0.6) is 5.75 Å². The molecular weight excluding hydrogens is 312 g/mol. The predicted molar refractivity (Wildman–Crippen MR) is 68.9 cm³/mol. The molecule has 0 aliphatic rings. The van der Waals surface area contributed by atoms with E-state index >= 15 is 0 Å². The standard InChI is InChI=1S/C14H7ClF4O2/c15-11-3-10(4-12(16)6-11)9-1-8(7-20)2-13(5-9)21-14(17,18)19/h1-7H. The minimum Gasteiger partial charge on any atom is -0.406 e. The molecule has 0 aliphatic carbocycles. The van der Waals surface area contributed by atoms with Gasteiger partial charge in [0.25, 0.3) is 0 Å². The van der Waals surface area contributed by atoms with Gasteiger partial charge in [0.05, 0.1) is 0 Å². The molecule has 2 nitrogen and oxygen atoms in total. The van der Waals surface area contributed by atoms with Crippen LogP contribution in [0.1, 0.15) is 10.4 Å². The number of ether oxygens (including phenoxy) is 1. The molecule has 0 aromatic heterocycles. The summed E-state index contributed by atoms with van der Waals surface area (Å²) < 4.78 is 53.8. The fourth-order valence-electron chi connectivity index (χ4n) is 1.77. The van der Waals surface area contributed by atoms with Crippen molar-refractivity contribution >= 4 is 17.9 Å². The van der Waals surface area contributed by atoms with Gasteiger partial charge in [-0.1, -0.05) is 11.6 Å². The van der Waals surface area contributed by atoms with E-state index in [1.807, 2.05) is 0 Å². The summed E-state index contributed by atoms with van der Waals surface area (Å²) in [5, 5.41) is 0.0831. The van der Waals surface area contributed by atoms with E-state index in [4.69, 9.17) is 11.6 Å². The van der Waals surface area contributed by atoms with Gasteiger partial charge in [0, 0.05) is 10.6 Å². The van der Waals surface area contributed by atoms with Gasteiger partial charge in [0.15, 0.2) is 0 Å². The minimum absolute atomic E-state index is 0.0351. The Hall–Kier alpha value is -2.08. The van der Waals surface area contributed by atoms with Gasteiger partial charge in [-0.2, -0.15) is 0 Å². The number of hydrogen-bond donors (Lipinski definition) is 0. The molecule has 0 radical (unpaired) electrons. The van der Waals surface area contributed by atoms with Crippen LogP contribution in [0.3, 0.4) is 0 Å². The normalized spacial score (nSPS) is 11.3. The van der Waals surface area contributed by atoms with Gasteiger partial charge in [0.2, 0.25) is 0 Å². The van der Waals surface area contributed by atoms with Gasteiger partial charge in [-0.05, 0) is 47.5 Å². The molecule has 7 heteroatoms. The molecular formula is C14H7ClF4O2. The molecule has 0 spiro atoms. The van der Waals surface area contributed by atoms with Crippen molar-refractivity contribution in [2.24, 2.45) is 0 Å². The fourth-order valence-corrected chi connectivity index (χ4v) is 1.99. The molecule has 0 saturated carbocycles. The lowest BCUT2D eigenvalue weighted by atomic mass is 10.0. The molecule has 21 heavy (non-hydrogen) atoms. The number of carbonyl (C=O) groups is 1. The first-order valence-electron chi connectivity index (χ1n) is 5.59. The van der Waals surface area contributed by atoms with E-state index in [0.717, 1.165) is 24.3 Å². The zero-order chi connectivity index (χ0) is 15.6. The fraction of sp³-hybridized carbons (Fsp3) is 0.0714. The Labute approximate surface area is 121 Å². The number of hydrogen-bond acceptors (Lipinski definition) is 2. The third-order valence-corrected chi connectivity index (χ3v) is 2.71. The maximum Gasteiger partial charge on any atom is 0.573 e. The Morgan fingerprint density at radius 3 is 2.24 bits per heavy atom. The number of halogens is 5. The molecule has 0 fully saturated rings. The second-order valence-electron chi connectivity index (χ2n) is 4.11. The van der Waals surface area contributed by atoms with Crippen molar-refractivity contribution in [2.45, 2.75) is 6.36 Å². The lowest BCUT2D eigenvalue weighted by Gasteiger charge is -2.11. The van der Waals surface area contributed by atoms with E-state index in [9.17, 15) is 22.4 Å². The Kier molecular flexibility index (Phi) is 4.18. The number of alkyl halides is 3. The summed E-state index contributed by atoms with van der Waals surface area (Å²) in [7, 11) is 0. The summed E-state index contributed by atoms with van der Waals surface area (Å²) in [5.74, 6) is -1.21. The molecule has 0 bridgehead atoms. The van der Waals surface area contributed by atoms with Crippen LogP contribution in [0.25, 0.3) is 11.1 Å². The summed E-state index contributed by atoms with van der Waals surface area (Å²) in [4.78, 5) is 10.8. The van der Waals surface area contributed by atoms with Crippen molar-refractivity contribution in [3.05, 3.63) is 52.8 Å². The average Bonchev–Trinajstić information content (AvgIpc) is 2.35. The predicted octanol–water partition coefficient (Wildman–Crippen LogP) is 4.86. The first-order chi connectivity index (χ1) is 9.76. The largest absolute Gasteiger partial charge is 0.573 e. The van der Waals surface area contributed by atoms with E-state index < -0.39 is 17.9 Å². The molecule has 2 rings (SSSR count). The van der Waals surface area contributed by atoms with Crippen LogP contribution in [0.4, 0.5) is 17.6 Å². The first kappa shape index (κ1) is 15.3. The highest BCUT2D eigenvalue weighted by Crippen LogP contribution is 2.31. The summed E-state index contributed by atoms with van der Waals surface area (Å²) >= 11 is 5.70. The van der Waals surface area contributed by atoms with E-state index in [1.54, 1.807) is 0 Å². The number of aldehydes is 1. The van der Waals surface area contributed by atoms with Crippen LogP contribution >= 0.6 is 11.6 Å². The van der Waals surface area contributed by atoms with Gasteiger partial charge in [-0.15, -0.1) is 13.2 Å². The average molecular weight is 319 g/mol. The molecule has 0 amide bonds. The third kappa shape index (κ3) is 4.19. The summed E-state index contributed by atoms with van der Waals surface area (Å²) in [6.45, 7) is 0. The zero-order valence-corrected chi connectivity index (χ0v) is 11.0. The molecule has 2 aromatic carbocycles. The number of carbonyl (C=O) groups excluding carboxylic acids is 1. The van der Waals surface area contributed by atoms with E-state index in [-0.39, 0.29) is 21.7 Å². The monoisotopic (exact) mass is 318 g/mol. The van der Waals surface area contributed by atoms with Crippen LogP contribution in [-0.4, -0.2) is 12.6 Å². The quantitative estimate of drug-likeness (QED) is 0.597. The molecule has 0 atom stereocenters. The zero-order valence-electron chi connectivity index (χ0n) is 10.2. The van der Waals surface area contributed by atoms with Crippen LogP contribution in [0.15, 0.2) is 36.4 Å². The maximum atomic E-state index is 13.3. The van der Waals surface area contributed by atoms with Crippen molar-refractivity contribution in [3.8, 4) is 16.9 Å². The van der Waals surface area contributed by atoms with Gasteiger partial charge < -0.3 is 4.74 Å². The van der Waals surface area contributed by atoms with Crippen LogP contribution in [0, 0.1) is 5.82 Å². The number of rotatable bonds is 3. The summed E-state index contributed by atoms with van der Waals surface area (Å²) in [6.07, 6.45) is -4.52. The van der Waals surface area contributed by atoms with Crippen molar-refractivity contribution in [2.75, 3.05) is 0 Å². The molecule has 2 aromatic rings. The smallest absolute Gasteiger partial charge is 0.406 e. The second kappa shape index (κ2) is 5.73. The first-order valence-corrected chi connectivity index (χ1v) is 5.97. The maximum absolute atomic E-state index is 13.3. The SMILES string of the molecule is O=Cc1cc(OC(F)(F)F)cc(-c2cc(F)cc(Cl)c2)c1. The van der Waals surface area contributed by atoms with Crippen LogP contribution < -0.4 is 4.74 Å². The summed E-state index contributed by atoms with van der Waals surface area (Å²) in [5.41, 5.74) is 0.378. The molecule has 0 N–H and O–H groups in total. The van der Waals surface area contributed by atoms with E-state index in [1.165, 1.54) is 12.1 Å². The Balaban J connectivity index is 2.52. The molecule has 0 aliphatic heterocycles. The van der Waals surface area contributed by atoms with Crippen molar-refractivity contribution in [3.63, 3.8) is 0 Å². The molecule has 0 unspecified atom stereocenters. The van der Waals surface area contributed by atoms with Gasteiger partial charge >= 0.3 is 6.36 Å². The third-order valence-electron chi connectivity index (χ3n) is 2.49. The van der Waals surface area contributed by atoms with Crippen LogP contribution in [-0.2, 0) is 0 Å². The van der Waals surface area contributed by atoms with Crippen molar-refractivity contribution in [1.82, 2.24) is 0 Å². The van der Waals surface area contributed by atoms with Crippen molar-refractivity contribution in [1.29, 1.82) is 0 Å². The lowest BCUT2D eigenvalue weighted by Crippen LogP contribution is -2.17. The highest BCUT2D eigenvalue weighted by atomic mass is 35.5. The molecule has 110 valence electrons. The van der Waals surface area contributed by atoms with Gasteiger partial charge in [-0.3, -0.25) is 4.79 Å². The highest BCUT2D eigenvalue weighted by molar-refractivity contribution is 6.30. The highest BCUT2D eigenvalue weighted by Gasteiger charge is 2.31. The second-order valence-corrected chi connectivity index (χ2v) is 4.55. The number of benzene rings is 2. The van der Waals surface area contributed by atoms with Gasteiger partial charge in [-0.25, -0.2) is 4.39 Å². The van der Waals surface area contributed by atoms with E-state index in [2.05, 4.69) is 4.74 Å². The summed E-state index contributed by atoms with van der Waals surface area (Å²) in [6, 6.07) is 6.80. The Morgan fingerprint density at radius 2 is 1.67 bits per heavy atom. The molecule has 0 heterocycles. The van der Waals surface area contributed by atoms with Crippen LogP contribution in [0.2, 0.25) is 5.02 Å². The van der Waals surface area contributed by atoms with E-state index in [0.29, 0.717) is 6.29 Å². The minimum atomic E-state index is -4.89. The molecule has 0 saturated heterocycles. The van der Waals surface area contributed by atoms with Crippen molar-refractivity contribution < 1.29 is 27.1 Å². The Morgan fingerprint density at radius 1 is 1.00 bits per heavy atom. The lowest BCUT2D eigenvalue weighted by molar-refractivity contribution is -0.274. The van der Waals surface area contributed by atoms with Gasteiger partial charge in [0.1, 0.15) is 17.9 Å².